The molecule has 0 aromatic carbocycles. The SMILES string of the molecule is CCCC[C@H](CC)Cn1c(C)cn2c3c(=O)n(C)c(=O)n(C)c3nc12. The Morgan fingerprint density at radius 2 is 1.88 bits per heavy atom. The predicted octanol–water partition coefficient (Wildman–Crippen LogP) is 2.21. The van der Waals surface area contributed by atoms with Gasteiger partial charge < -0.3 is 4.57 Å². The maximum atomic E-state index is 12.6. The number of hydrogen-bond acceptors (Lipinski definition) is 3. The van der Waals surface area contributed by atoms with E-state index in [1.54, 1.807) is 7.05 Å². The number of unbranched alkanes of at least 4 members (excludes halogenated alkanes) is 1. The van der Waals surface area contributed by atoms with E-state index in [0.29, 0.717) is 17.1 Å². The largest absolute Gasteiger partial charge is 0.332 e. The van der Waals surface area contributed by atoms with Crippen LogP contribution in [0.5, 0.6) is 0 Å². The maximum absolute atomic E-state index is 12.6. The van der Waals surface area contributed by atoms with Crippen molar-refractivity contribution < 1.29 is 0 Å². The van der Waals surface area contributed by atoms with Crippen LogP contribution in [0.15, 0.2) is 15.8 Å². The molecule has 0 radical (unpaired) electrons. The molecular formula is C18H27N5O2. The monoisotopic (exact) mass is 345 g/mol. The van der Waals surface area contributed by atoms with Gasteiger partial charge in [0.2, 0.25) is 5.78 Å². The third kappa shape index (κ3) is 2.71. The van der Waals surface area contributed by atoms with Crippen LogP contribution < -0.4 is 11.2 Å². The second-order valence-electron chi connectivity index (χ2n) is 6.96. The van der Waals surface area contributed by atoms with Crippen molar-refractivity contribution in [3.05, 3.63) is 32.7 Å². The van der Waals surface area contributed by atoms with E-state index in [1.807, 2.05) is 17.5 Å². The first kappa shape index (κ1) is 17.5. The van der Waals surface area contributed by atoms with Crippen molar-refractivity contribution in [2.75, 3.05) is 0 Å². The van der Waals surface area contributed by atoms with Crippen molar-refractivity contribution in [3.63, 3.8) is 0 Å². The van der Waals surface area contributed by atoms with Gasteiger partial charge in [-0.2, -0.15) is 4.98 Å². The number of nitrogens with zero attached hydrogens (tertiary/aromatic N) is 5. The highest BCUT2D eigenvalue weighted by Crippen LogP contribution is 2.21. The molecule has 0 unspecified atom stereocenters. The maximum Gasteiger partial charge on any atom is 0.332 e. The van der Waals surface area contributed by atoms with Gasteiger partial charge in [-0.05, 0) is 19.3 Å². The average molecular weight is 345 g/mol. The highest BCUT2D eigenvalue weighted by atomic mass is 16.2. The lowest BCUT2D eigenvalue weighted by molar-refractivity contribution is 0.392. The lowest BCUT2D eigenvalue weighted by atomic mass is 9.99. The van der Waals surface area contributed by atoms with Crippen molar-refractivity contribution in [2.45, 2.75) is 53.0 Å². The Morgan fingerprint density at radius 1 is 1.16 bits per heavy atom. The summed E-state index contributed by atoms with van der Waals surface area (Å²) in [6.45, 7) is 7.36. The van der Waals surface area contributed by atoms with Gasteiger partial charge >= 0.3 is 5.69 Å². The van der Waals surface area contributed by atoms with Crippen molar-refractivity contribution in [3.8, 4) is 0 Å². The molecule has 0 N–H and O–H groups in total. The third-order valence-corrected chi connectivity index (χ3v) is 5.24. The van der Waals surface area contributed by atoms with E-state index in [2.05, 4.69) is 23.4 Å². The Hall–Kier alpha value is -2.31. The molecule has 0 spiro atoms. The Bertz CT molecular complexity index is 1030. The van der Waals surface area contributed by atoms with Gasteiger partial charge in [0.1, 0.15) is 0 Å². The molecule has 0 bridgehead atoms. The minimum Gasteiger partial charge on any atom is -0.314 e. The Morgan fingerprint density at radius 3 is 2.52 bits per heavy atom. The van der Waals surface area contributed by atoms with Crippen LogP contribution in [0, 0.1) is 12.8 Å². The molecule has 3 aromatic rings. The smallest absolute Gasteiger partial charge is 0.314 e. The van der Waals surface area contributed by atoms with Crippen LogP contribution in [-0.4, -0.2) is 23.1 Å². The van der Waals surface area contributed by atoms with Gasteiger partial charge in [-0.25, -0.2) is 4.79 Å². The summed E-state index contributed by atoms with van der Waals surface area (Å²) in [5, 5.41) is 0. The summed E-state index contributed by atoms with van der Waals surface area (Å²) < 4.78 is 6.59. The van der Waals surface area contributed by atoms with E-state index in [0.717, 1.165) is 29.0 Å². The molecule has 7 heteroatoms. The fourth-order valence-electron chi connectivity index (χ4n) is 3.53. The first-order chi connectivity index (χ1) is 11.9. The molecule has 0 saturated heterocycles. The quantitative estimate of drug-likeness (QED) is 0.688. The average Bonchev–Trinajstić information content (AvgIpc) is 3.10. The van der Waals surface area contributed by atoms with Crippen molar-refractivity contribution in [1.82, 2.24) is 23.1 Å². The topological polar surface area (TPSA) is 66.2 Å². The fraction of sp³-hybridized carbons (Fsp3) is 0.611. The van der Waals surface area contributed by atoms with E-state index in [9.17, 15) is 9.59 Å². The van der Waals surface area contributed by atoms with Crippen LogP contribution in [-0.2, 0) is 20.6 Å². The van der Waals surface area contributed by atoms with Crippen molar-refractivity contribution in [2.24, 2.45) is 20.0 Å². The van der Waals surface area contributed by atoms with Crippen LogP contribution in [0.3, 0.4) is 0 Å². The molecule has 0 saturated carbocycles. The minimum absolute atomic E-state index is 0.305. The number of aromatic nitrogens is 5. The summed E-state index contributed by atoms with van der Waals surface area (Å²) in [7, 11) is 3.16. The second kappa shape index (κ2) is 6.54. The highest BCUT2D eigenvalue weighted by molar-refractivity contribution is 5.75. The van der Waals surface area contributed by atoms with E-state index in [4.69, 9.17) is 0 Å². The van der Waals surface area contributed by atoms with E-state index in [-0.39, 0.29) is 11.2 Å². The summed E-state index contributed by atoms with van der Waals surface area (Å²) in [4.78, 5) is 29.4. The summed E-state index contributed by atoms with van der Waals surface area (Å²) >= 11 is 0. The van der Waals surface area contributed by atoms with Gasteiger partial charge in [-0.1, -0.05) is 33.1 Å². The van der Waals surface area contributed by atoms with Crippen LogP contribution in [0.1, 0.15) is 45.2 Å². The van der Waals surface area contributed by atoms with Gasteiger partial charge in [0, 0.05) is 32.5 Å². The van der Waals surface area contributed by atoms with Crippen molar-refractivity contribution >= 4 is 16.9 Å². The molecule has 0 aliphatic carbocycles. The highest BCUT2D eigenvalue weighted by Gasteiger charge is 2.20. The molecule has 3 rings (SSSR count). The molecule has 0 aliphatic heterocycles. The van der Waals surface area contributed by atoms with Gasteiger partial charge in [0.25, 0.3) is 5.56 Å². The normalized spacial score (nSPS) is 13.2. The van der Waals surface area contributed by atoms with Crippen LogP contribution in [0.25, 0.3) is 16.9 Å². The lowest BCUT2D eigenvalue weighted by Gasteiger charge is -2.16. The summed E-state index contributed by atoms with van der Waals surface area (Å²) in [6, 6.07) is 0. The van der Waals surface area contributed by atoms with Crippen molar-refractivity contribution in [1.29, 1.82) is 0 Å². The molecule has 3 heterocycles. The fourth-order valence-corrected chi connectivity index (χ4v) is 3.53. The molecule has 25 heavy (non-hydrogen) atoms. The minimum atomic E-state index is -0.351. The second-order valence-corrected chi connectivity index (χ2v) is 6.96. The van der Waals surface area contributed by atoms with Crippen LogP contribution in [0.2, 0.25) is 0 Å². The first-order valence-electron chi connectivity index (χ1n) is 9.04. The molecule has 0 fully saturated rings. The zero-order chi connectivity index (χ0) is 18.3. The van der Waals surface area contributed by atoms with Gasteiger partial charge in [0.15, 0.2) is 11.2 Å². The van der Waals surface area contributed by atoms with E-state index < -0.39 is 0 Å². The van der Waals surface area contributed by atoms with Gasteiger partial charge in [-0.15, -0.1) is 0 Å². The van der Waals surface area contributed by atoms with Gasteiger partial charge in [-0.3, -0.25) is 18.3 Å². The van der Waals surface area contributed by atoms with E-state index >= 15 is 0 Å². The Labute approximate surface area is 146 Å². The molecule has 3 aromatic heterocycles. The molecule has 0 aliphatic rings. The molecule has 7 nitrogen and oxygen atoms in total. The number of rotatable bonds is 6. The predicted molar refractivity (Wildman–Crippen MR) is 99.2 cm³/mol. The first-order valence-corrected chi connectivity index (χ1v) is 9.04. The van der Waals surface area contributed by atoms with Crippen LogP contribution >= 0.6 is 0 Å². The molecular weight excluding hydrogens is 318 g/mol. The molecule has 0 amide bonds. The third-order valence-electron chi connectivity index (χ3n) is 5.24. The lowest BCUT2D eigenvalue weighted by Crippen LogP contribution is -2.37. The summed E-state index contributed by atoms with van der Waals surface area (Å²) in [5.74, 6) is 1.32. The summed E-state index contributed by atoms with van der Waals surface area (Å²) in [5.41, 5.74) is 1.33. The number of imidazole rings is 2. The summed E-state index contributed by atoms with van der Waals surface area (Å²) in [6.07, 6.45) is 6.67. The standard InChI is InChI=1S/C18H27N5O2/c1-6-8-9-13(7-2)11-22-12(3)10-23-14-15(19-17(22)23)20(4)18(25)21(5)16(14)24/h10,13H,6-9,11H2,1-5H3/t13-/m0/s1. The zero-order valence-corrected chi connectivity index (χ0v) is 15.7. The number of hydrogen-bond donors (Lipinski definition) is 0. The molecule has 136 valence electrons. The van der Waals surface area contributed by atoms with Crippen LogP contribution in [0.4, 0.5) is 0 Å². The zero-order valence-electron chi connectivity index (χ0n) is 15.7. The number of aryl methyl sites for hydroxylation is 2. The Balaban J connectivity index is 2.20. The Kier molecular flexibility index (Phi) is 4.58. The number of fused-ring (bicyclic) bond motifs is 3. The van der Waals surface area contributed by atoms with E-state index in [1.165, 1.54) is 30.9 Å². The molecule has 1 atom stereocenters. The van der Waals surface area contributed by atoms with Gasteiger partial charge in [0.05, 0.1) is 0 Å².